The number of aryl methyl sites for hydroxylation is 1. The highest BCUT2D eigenvalue weighted by molar-refractivity contribution is 5.99. The number of hydrogen-bond donors (Lipinski definition) is 1. The molecule has 2 amide bonds. The van der Waals surface area contributed by atoms with E-state index in [4.69, 9.17) is 0 Å². The van der Waals surface area contributed by atoms with Crippen molar-refractivity contribution >= 4 is 23.2 Å². The molecule has 1 saturated heterocycles. The minimum atomic E-state index is -0.512. The van der Waals surface area contributed by atoms with E-state index < -0.39 is 10.8 Å². The summed E-state index contributed by atoms with van der Waals surface area (Å²) in [5.41, 5.74) is 1.40. The van der Waals surface area contributed by atoms with Gasteiger partial charge < -0.3 is 10.2 Å². The summed E-state index contributed by atoms with van der Waals surface area (Å²) in [6.07, 6.45) is 0.203. The predicted octanol–water partition coefficient (Wildman–Crippen LogP) is 2.44. The largest absolute Gasteiger partial charge is 0.347 e. The molecule has 0 radical (unpaired) electrons. The Kier molecular flexibility index (Phi) is 4.47. The molecule has 0 saturated carbocycles. The number of nitrogens with one attached hydrogen (secondary N) is 1. The Labute approximate surface area is 144 Å². The number of amides is 2. The van der Waals surface area contributed by atoms with E-state index in [2.05, 4.69) is 5.32 Å². The summed E-state index contributed by atoms with van der Waals surface area (Å²) in [6, 6.07) is 13.3. The molecule has 2 aromatic rings. The van der Waals surface area contributed by atoms with E-state index in [1.165, 1.54) is 6.07 Å². The van der Waals surface area contributed by atoms with Crippen molar-refractivity contribution in [2.45, 2.75) is 19.4 Å². The summed E-state index contributed by atoms with van der Waals surface area (Å²) in [5, 5.41) is 13.8. The molecule has 2 aromatic carbocycles. The molecule has 7 nitrogen and oxygen atoms in total. The number of rotatable bonds is 4. The molecule has 1 unspecified atom stereocenters. The lowest BCUT2D eigenvalue weighted by Crippen LogP contribution is -2.37. The van der Waals surface area contributed by atoms with Crippen LogP contribution in [0, 0.1) is 17.0 Å². The zero-order chi connectivity index (χ0) is 18.0. The van der Waals surface area contributed by atoms with Gasteiger partial charge in [0, 0.05) is 35.8 Å². The van der Waals surface area contributed by atoms with E-state index in [1.54, 1.807) is 24.0 Å². The Morgan fingerprint density at radius 2 is 1.96 bits per heavy atom. The molecule has 128 valence electrons. The van der Waals surface area contributed by atoms with E-state index in [-0.39, 0.29) is 29.6 Å². The van der Waals surface area contributed by atoms with Crippen molar-refractivity contribution in [3.63, 3.8) is 0 Å². The number of nitrogens with zero attached hydrogens (tertiary/aromatic N) is 2. The van der Waals surface area contributed by atoms with Crippen LogP contribution in [0.1, 0.15) is 22.3 Å². The van der Waals surface area contributed by atoms with Gasteiger partial charge in [0.25, 0.3) is 11.6 Å². The van der Waals surface area contributed by atoms with Crippen molar-refractivity contribution < 1.29 is 14.5 Å². The molecule has 1 aliphatic rings. The summed E-state index contributed by atoms with van der Waals surface area (Å²) in [5.74, 6) is -0.484. The van der Waals surface area contributed by atoms with Crippen molar-refractivity contribution in [1.82, 2.24) is 5.32 Å². The third-order valence-electron chi connectivity index (χ3n) is 4.20. The Morgan fingerprint density at radius 3 is 2.64 bits per heavy atom. The number of nitro benzene ring substituents is 1. The average Bonchev–Trinajstić information content (AvgIpc) is 2.96. The molecule has 0 aliphatic carbocycles. The Morgan fingerprint density at radius 1 is 1.24 bits per heavy atom. The topological polar surface area (TPSA) is 92.6 Å². The van der Waals surface area contributed by atoms with E-state index >= 15 is 0 Å². The number of anilines is 1. The smallest absolute Gasteiger partial charge is 0.273 e. The predicted molar refractivity (Wildman–Crippen MR) is 92.5 cm³/mol. The van der Waals surface area contributed by atoms with Gasteiger partial charge in [-0.25, -0.2) is 0 Å². The highest BCUT2D eigenvalue weighted by Gasteiger charge is 2.31. The van der Waals surface area contributed by atoms with Crippen LogP contribution in [0.15, 0.2) is 48.5 Å². The first-order valence-electron chi connectivity index (χ1n) is 7.87. The summed E-state index contributed by atoms with van der Waals surface area (Å²) in [6.45, 7) is 2.00. The second-order valence-electron chi connectivity index (χ2n) is 5.97. The molecule has 3 rings (SSSR count). The van der Waals surface area contributed by atoms with Gasteiger partial charge in [-0.2, -0.15) is 0 Å². The first-order chi connectivity index (χ1) is 12.0. The normalized spacial score (nSPS) is 16.8. The highest BCUT2D eigenvalue weighted by Crippen LogP contribution is 2.22. The molecule has 1 N–H and O–H groups in total. The van der Waals surface area contributed by atoms with Crippen LogP contribution in [-0.2, 0) is 4.79 Å². The molecule has 7 heteroatoms. The molecule has 1 fully saturated rings. The lowest BCUT2D eigenvalue weighted by Gasteiger charge is -2.17. The number of hydrogen-bond acceptors (Lipinski definition) is 4. The second kappa shape index (κ2) is 6.72. The third kappa shape index (κ3) is 3.50. The molecule has 0 aromatic heterocycles. The fourth-order valence-corrected chi connectivity index (χ4v) is 2.88. The maximum atomic E-state index is 12.4. The van der Waals surface area contributed by atoms with Crippen LogP contribution >= 0.6 is 0 Å². The summed E-state index contributed by atoms with van der Waals surface area (Å²) < 4.78 is 0. The van der Waals surface area contributed by atoms with Gasteiger partial charge in [-0.15, -0.1) is 0 Å². The number of carbonyl (C=O) groups is 2. The van der Waals surface area contributed by atoms with Crippen LogP contribution in [-0.4, -0.2) is 29.3 Å². The molecule has 1 heterocycles. The van der Waals surface area contributed by atoms with Crippen LogP contribution < -0.4 is 10.2 Å². The molecular formula is C18H17N3O4. The maximum absolute atomic E-state index is 12.4. The number of benzene rings is 2. The lowest BCUT2D eigenvalue weighted by molar-refractivity contribution is -0.385. The number of para-hydroxylation sites is 1. The minimum Gasteiger partial charge on any atom is -0.347 e. The van der Waals surface area contributed by atoms with Crippen LogP contribution in [0.25, 0.3) is 0 Å². The van der Waals surface area contributed by atoms with Crippen molar-refractivity contribution in [3.05, 3.63) is 69.8 Å². The van der Waals surface area contributed by atoms with Gasteiger partial charge in [0.1, 0.15) is 0 Å². The van der Waals surface area contributed by atoms with Crippen LogP contribution in [0.4, 0.5) is 11.4 Å². The van der Waals surface area contributed by atoms with Gasteiger partial charge in [-0.05, 0) is 25.1 Å². The van der Waals surface area contributed by atoms with Gasteiger partial charge >= 0.3 is 0 Å². The maximum Gasteiger partial charge on any atom is 0.273 e. The van der Waals surface area contributed by atoms with Crippen molar-refractivity contribution in [2.75, 3.05) is 11.4 Å². The third-order valence-corrected chi connectivity index (χ3v) is 4.20. The first-order valence-corrected chi connectivity index (χ1v) is 7.87. The molecule has 0 bridgehead atoms. The molecule has 25 heavy (non-hydrogen) atoms. The van der Waals surface area contributed by atoms with E-state index in [1.807, 2.05) is 30.3 Å². The van der Waals surface area contributed by atoms with Crippen LogP contribution in [0.5, 0.6) is 0 Å². The highest BCUT2D eigenvalue weighted by atomic mass is 16.6. The van der Waals surface area contributed by atoms with Gasteiger partial charge in [0.2, 0.25) is 5.91 Å². The Balaban J connectivity index is 1.71. The monoisotopic (exact) mass is 339 g/mol. The van der Waals surface area contributed by atoms with Crippen molar-refractivity contribution in [3.8, 4) is 0 Å². The molecular weight excluding hydrogens is 322 g/mol. The summed E-state index contributed by atoms with van der Waals surface area (Å²) >= 11 is 0. The minimum absolute atomic E-state index is 0.0635. The zero-order valence-corrected chi connectivity index (χ0v) is 13.6. The average molecular weight is 339 g/mol. The fourth-order valence-electron chi connectivity index (χ4n) is 2.88. The molecule has 0 spiro atoms. The van der Waals surface area contributed by atoms with Gasteiger partial charge in [-0.1, -0.05) is 24.3 Å². The quantitative estimate of drug-likeness (QED) is 0.684. The van der Waals surface area contributed by atoms with Crippen LogP contribution in [0.2, 0.25) is 0 Å². The molecule has 1 aliphatic heterocycles. The zero-order valence-electron chi connectivity index (χ0n) is 13.6. The van der Waals surface area contributed by atoms with Crippen molar-refractivity contribution in [1.29, 1.82) is 0 Å². The van der Waals surface area contributed by atoms with E-state index in [0.717, 1.165) is 5.69 Å². The van der Waals surface area contributed by atoms with Crippen molar-refractivity contribution in [2.24, 2.45) is 0 Å². The summed E-state index contributed by atoms with van der Waals surface area (Å²) in [4.78, 5) is 36.7. The Bertz CT molecular complexity index is 835. The lowest BCUT2D eigenvalue weighted by atomic mass is 10.1. The van der Waals surface area contributed by atoms with Gasteiger partial charge in [0.15, 0.2) is 0 Å². The van der Waals surface area contributed by atoms with E-state index in [0.29, 0.717) is 12.1 Å². The summed E-state index contributed by atoms with van der Waals surface area (Å²) in [7, 11) is 0. The molecule has 1 atom stereocenters. The fraction of sp³-hybridized carbons (Fsp3) is 0.222. The standard InChI is InChI=1S/C18H17N3O4/c1-12-7-8-13(9-16(12)21(24)25)18(23)19-14-10-17(22)20(11-14)15-5-3-2-4-6-15/h2-9,14H,10-11H2,1H3,(H,19,23). The Hall–Kier alpha value is -3.22. The van der Waals surface area contributed by atoms with Gasteiger partial charge in [0.05, 0.1) is 11.0 Å². The van der Waals surface area contributed by atoms with Crippen LogP contribution in [0.3, 0.4) is 0 Å². The van der Waals surface area contributed by atoms with E-state index in [9.17, 15) is 19.7 Å². The second-order valence-corrected chi connectivity index (χ2v) is 5.97. The number of carbonyl (C=O) groups excluding carboxylic acids is 2. The number of nitro groups is 1. The first kappa shape index (κ1) is 16.6. The SMILES string of the molecule is Cc1ccc(C(=O)NC2CC(=O)N(c3ccccc3)C2)cc1[N+](=O)[O-]. The van der Waals surface area contributed by atoms with Gasteiger partial charge in [-0.3, -0.25) is 19.7 Å².